The van der Waals surface area contributed by atoms with Gasteiger partial charge in [0.1, 0.15) is 0 Å². The van der Waals surface area contributed by atoms with Crippen LogP contribution in [0.5, 0.6) is 0 Å². The van der Waals surface area contributed by atoms with Gasteiger partial charge in [0.25, 0.3) is 0 Å². The molecule has 0 amide bonds. The molecule has 0 aromatic heterocycles. The lowest BCUT2D eigenvalue weighted by Crippen LogP contribution is -2.18. The zero-order valence-corrected chi connectivity index (χ0v) is 13.6. The average Bonchev–Trinajstić information content (AvgIpc) is 2.36. The van der Waals surface area contributed by atoms with Gasteiger partial charge in [-0.25, -0.2) is 0 Å². The largest absolute Gasteiger partial charge is 0.377 e. The summed E-state index contributed by atoms with van der Waals surface area (Å²) in [5, 5.41) is 0. The van der Waals surface area contributed by atoms with E-state index in [-0.39, 0.29) is 6.04 Å². The topological polar surface area (TPSA) is 35.2 Å². The van der Waals surface area contributed by atoms with Crippen molar-refractivity contribution >= 4 is 0 Å². The highest BCUT2D eigenvalue weighted by molar-refractivity contribution is 5.03. The first-order valence-electron chi connectivity index (χ1n) is 8.15. The Morgan fingerprint density at radius 1 is 1.21 bits per heavy atom. The molecule has 2 atom stereocenters. The highest BCUT2D eigenvalue weighted by atomic mass is 16.5. The maximum absolute atomic E-state index is 5.91. The number of nitrogens with two attached hydrogens (primary N) is 1. The van der Waals surface area contributed by atoms with Gasteiger partial charge in [-0.3, -0.25) is 0 Å². The zero-order valence-electron chi connectivity index (χ0n) is 13.6. The summed E-state index contributed by atoms with van der Waals surface area (Å²) < 4.78 is 5.91. The van der Waals surface area contributed by atoms with Crippen LogP contribution in [0.2, 0.25) is 0 Å². The standard InChI is InChI=1S/C17H35NO/c1-5-8-9-11-16(7-3)13-19-14-17(10-6-2)12-15(4)18/h10,15-16H,5-9,11-14,18H2,1-4H3/t15?,16-/m1/s1. The molecule has 2 heteroatoms. The molecular weight excluding hydrogens is 234 g/mol. The van der Waals surface area contributed by atoms with Gasteiger partial charge in [-0.1, -0.05) is 52.5 Å². The second-order valence-electron chi connectivity index (χ2n) is 5.74. The third-order valence-electron chi connectivity index (χ3n) is 3.51. The summed E-state index contributed by atoms with van der Waals surface area (Å²) in [4.78, 5) is 0. The van der Waals surface area contributed by atoms with Crippen molar-refractivity contribution in [2.45, 2.75) is 78.7 Å². The van der Waals surface area contributed by atoms with Gasteiger partial charge < -0.3 is 10.5 Å². The van der Waals surface area contributed by atoms with Crippen LogP contribution in [0, 0.1) is 5.92 Å². The number of allylic oxidation sites excluding steroid dienone is 1. The third-order valence-corrected chi connectivity index (χ3v) is 3.51. The molecular formula is C17H35NO. The Labute approximate surface area is 120 Å². The number of hydrogen-bond donors (Lipinski definition) is 1. The monoisotopic (exact) mass is 269 g/mol. The van der Waals surface area contributed by atoms with Crippen molar-refractivity contribution < 1.29 is 4.74 Å². The first-order valence-corrected chi connectivity index (χ1v) is 8.15. The molecule has 19 heavy (non-hydrogen) atoms. The Balaban J connectivity index is 3.91. The molecule has 0 aromatic carbocycles. The molecule has 0 aliphatic heterocycles. The summed E-state index contributed by atoms with van der Waals surface area (Å²) in [6.07, 6.45) is 10.8. The van der Waals surface area contributed by atoms with Gasteiger partial charge in [0.2, 0.25) is 0 Å². The van der Waals surface area contributed by atoms with Gasteiger partial charge in [0, 0.05) is 12.6 Å². The molecule has 0 bridgehead atoms. The van der Waals surface area contributed by atoms with E-state index in [9.17, 15) is 0 Å². The molecule has 2 nitrogen and oxygen atoms in total. The molecule has 2 N–H and O–H groups in total. The number of hydrogen-bond acceptors (Lipinski definition) is 2. The quantitative estimate of drug-likeness (QED) is 0.412. The van der Waals surface area contributed by atoms with Gasteiger partial charge in [-0.15, -0.1) is 0 Å². The highest BCUT2D eigenvalue weighted by Gasteiger charge is 2.07. The number of rotatable bonds is 12. The SMILES string of the molecule is CCC=C(COC[C@H](CC)CCCCC)CC(C)N. The molecule has 0 spiro atoms. The summed E-state index contributed by atoms with van der Waals surface area (Å²) in [5.74, 6) is 0.727. The van der Waals surface area contributed by atoms with Crippen molar-refractivity contribution in [1.29, 1.82) is 0 Å². The maximum Gasteiger partial charge on any atom is 0.0677 e. The molecule has 0 saturated heterocycles. The molecule has 1 unspecified atom stereocenters. The van der Waals surface area contributed by atoms with Crippen LogP contribution in [-0.4, -0.2) is 19.3 Å². The van der Waals surface area contributed by atoms with E-state index in [1.807, 2.05) is 0 Å². The van der Waals surface area contributed by atoms with Crippen molar-refractivity contribution in [3.8, 4) is 0 Å². The normalized spacial score (nSPS) is 15.5. The van der Waals surface area contributed by atoms with E-state index in [1.54, 1.807) is 0 Å². The summed E-state index contributed by atoms with van der Waals surface area (Å²) in [6, 6.07) is 0.230. The minimum Gasteiger partial charge on any atom is -0.377 e. The van der Waals surface area contributed by atoms with E-state index >= 15 is 0 Å². The van der Waals surface area contributed by atoms with E-state index in [0.29, 0.717) is 0 Å². The van der Waals surface area contributed by atoms with E-state index < -0.39 is 0 Å². The van der Waals surface area contributed by atoms with Crippen molar-refractivity contribution in [3.63, 3.8) is 0 Å². The van der Waals surface area contributed by atoms with Crippen LogP contribution in [0.4, 0.5) is 0 Å². The highest BCUT2D eigenvalue weighted by Crippen LogP contribution is 2.15. The van der Waals surface area contributed by atoms with Crippen LogP contribution in [0.25, 0.3) is 0 Å². The predicted molar refractivity (Wildman–Crippen MR) is 85.4 cm³/mol. The average molecular weight is 269 g/mol. The predicted octanol–water partition coefficient (Wildman–Crippen LogP) is 4.68. The van der Waals surface area contributed by atoms with Crippen LogP contribution >= 0.6 is 0 Å². The van der Waals surface area contributed by atoms with Gasteiger partial charge >= 0.3 is 0 Å². The fraction of sp³-hybridized carbons (Fsp3) is 0.882. The van der Waals surface area contributed by atoms with Gasteiger partial charge in [0.05, 0.1) is 6.61 Å². The Morgan fingerprint density at radius 2 is 1.95 bits per heavy atom. The fourth-order valence-corrected chi connectivity index (χ4v) is 2.35. The molecule has 0 aromatic rings. The smallest absolute Gasteiger partial charge is 0.0677 e. The van der Waals surface area contributed by atoms with Crippen LogP contribution in [0.1, 0.15) is 72.6 Å². The first-order chi connectivity index (χ1) is 9.13. The zero-order chi connectivity index (χ0) is 14.5. The summed E-state index contributed by atoms with van der Waals surface area (Å²) in [7, 11) is 0. The second kappa shape index (κ2) is 12.7. The minimum absolute atomic E-state index is 0.230. The third kappa shape index (κ3) is 11.2. The molecule has 0 aliphatic carbocycles. The summed E-state index contributed by atoms with van der Waals surface area (Å²) >= 11 is 0. The summed E-state index contributed by atoms with van der Waals surface area (Å²) in [5.41, 5.74) is 7.23. The van der Waals surface area contributed by atoms with Gasteiger partial charge in [0.15, 0.2) is 0 Å². The maximum atomic E-state index is 5.91. The Morgan fingerprint density at radius 3 is 2.47 bits per heavy atom. The molecule has 0 heterocycles. The molecule has 0 radical (unpaired) electrons. The Kier molecular flexibility index (Phi) is 12.5. The number of unbranched alkanes of at least 4 members (excludes halogenated alkanes) is 2. The summed E-state index contributed by atoms with van der Waals surface area (Å²) in [6.45, 7) is 10.4. The Bertz CT molecular complexity index is 223. The van der Waals surface area contributed by atoms with Crippen molar-refractivity contribution in [3.05, 3.63) is 11.6 Å². The lowest BCUT2D eigenvalue weighted by molar-refractivity contribution is 0.109. The second-order valence-corrected chi connectivity index (χ2v) is 5.74. The van der Waals surface area contributed by atoms with E-state index in [0.717, 1.165) is 32.0 Å². The van der Waals surface area contributed by atoms with Crippen LogP contribution in [0.3, 0.4) is 0 Å². The van der Waals surface area contributed by atoms with E-state index in [1.165, 1.54) is 37.7 Å². The number of ether oxygens (including phenoxy) is 1. The van der Waals surface area contributed by atoms with Crippen LogP contribution < -0.4 is 5.73 Å². The van der Waals surface area contributed by atoms with Gasteiger partial charge in [-0.05, 0) is 37.7 Å². The Hall–Kier alpha value is -0.340. The molecule has 0 saturated carbocycles. The lowest BCUT2D eigenvalue weighted by Gasteiger charge is -2.16. The first kappa shape index (κ1) is 18.7. The fourth-order valence-electron chi connectivity index (χ4n) is 2.35. The van der Waals surface area contributed by atoms with E-state index in [2.05, 4.69) is 33.8 Å². The van der Waals surface area contributed by atoms with Gasteiger partial charge in [-0.2, -0.15) is 0 Å². The molecule has 114 valence electrons. The van der Waals surface area contributed by atoms with Crippen LogP contribution in [0.15, 0.2) is 11.6 Å². The van der Waals surface area contributed by atoms with E-state index in [4.69, 9.17) is 10.5 Å². The van der Waals surface area contributed by atoms with Crippen molar-refractivity contribution in [2.75, 3.05) is 13.2 Å². The lowest BCUT2D eigenvalue weighted by atomic mass is 9.99. The minimum atomic E-state index is 0.230. The van der Waals surface area contributed by atoms with Crippen LogP contribution in [-0.2, 0) is 4.74 Å². The van der Waals surface area contributed by atoms with Crippen molar-refractivity contribution in [2.24, 2.45) is 11.7 Å². The molecule has 0 rings (SSSR count). The molecule has 0 fully saturated rings. The molecule has 0 aliphatic rings. The van der Waals surface area contributed by atoms with Crippen molar-refractivity contribution in [1.82, 2.24) is 0 Å².